The molecule has 4 rings (SSSR count). The molecule has 0 radical (unpaired) electrons. The summed E-state index contributed by atoms with van der Waals surface area (Å²) in [4.78, 5) is 27.7. The summed E-state index contributed by atoms with van der Waals surface area (Å²) in [5.41, 5.74) is 3.31. The third kappa shape index (κ3) is 2.50. The first-order valence-corrected chi connectivity index (χ1v) is 7.97. The average molecular weight is 306 g/mol. The van der Waals surface area contributed by atoms with Crippen LogP contribution < -0.4 is 4.90 Å². The number of fused-ring (bicyclic) bond motifs is 1. The Morgan fingerprint density at radius 2 is 1.70 bits per heavy atom. The largest absolute Gasteiger partial charge is 0.312 e. The fraction of sp³-hybridized carbons (Fsp3) is 0.263. The summed E-state index contributed by atoms with van der Waals surface area (Å²) in [5.74, 6) is 0.103. The van der Waals surface area contributed by atoms with Crippen molar-refractivity contribution in [2.24, 2.45) is 0 Å². The lowest BCUT2D eigenvalue weighted by atomic mass is 10.0. The van der Waals surface area contributed by atoms with Crippen molar-refractivity contribution in [3.05, 3.63) is 65.7 Å². The number of hydrogen-bond acceptors (Lipinski definition) is 2. The van der Waals surface area contributed by atoms with Crippen molar-refractivity contribution in [2.45, 2.75) is 25.4 Å². The van der Waals surface area contributed by atoms with Gasteiger partial charge in [-0.2, -0.15) is 0 Å². The van der Waals surface area contributed by atoms with E-state index in [1.165, 1.54) is 11.1 Å². The molecule has 1 atom stereocenters. The van der Waals surface area contributed by atoms with Crippen LogP contribution in [0.25, 0.3) is 0 Å². The van der Waals surface area contributed by atoms with Gasteiger partial charge in [0.25, 0.3) is 0 Å². The molecule has 1 unspecified atom stereocenters. The molecule has 2 aromatic carbocycles. The van der Waals surface area contributed by atoms with Gasteiger partial charge in [-0.3, -0.25) is 14.5 Å². The standard InChI is InChI=1S/C19H18N2O2/c22-18-10-9-17-20(18)13-19(23)21(17)16-8-4-7-15(12-16)11-14-5-2-1-3-6-14/h1-8,12,17H,9-11,13H2. The van der Waals surface area contributed by atoms with Crippen LogP contribution in [-0.2, 0) is 16.0 Å². The van der Waals surface area contributed by atoms with E-state index in [-0.39, 0.29) is 24.5 Å². The van der Waals surface area contributed by atoms with Crippen LogP contribution in [0.5, 0.6) is 0 Å². The van der Waals surface area contributed by atoms with E-state index >= 15 is 0 Å². The lowest BCUT2D eigenvalue weighted by molar-refractivity contribution is -0.129. The molecule has 2 heterocycles. The monoisotopic (exact) mass is 306 g/mol. The molecule has 2 saturated heterocycles. The second kappa shape index (κ2) is 5.54. The molecule has 2 amide bonds. The zero-order chi connectivity index (χ0) is 15.8. The van der Waals surface area contributed by atoms with Crippen molar-refractivity contribution in [3.63, 3.8) is 0 Å². The summed E-state index contributed by atoms with van der Waals surface area (Å²) in [6, 6.07) is 18.4. The molecule has 4 nitrogen and oxygen atoms in total. The maximum Gasteiger partial charge on any atom is 0.248 e. The lowest BCUT2D eigenvalue weighted by Gasteiger charge is -2.24. The molecule has 0 aliphatic carbocycles. The smallest absolute Gasteiger partial charge is 0.248 e. The van der Waals surface area contributed by atoms with E-state index in [9.17, 15) is 9.59 Å². The Morgan fingerprint density at radius 1 is 0.913 bits per heavy atom. The molecule has 2 aliphatic heterocycles. The van der Waals surface area contributed by atoms with Crippen molar-refractivity contribution in [3.8, 4) is 0 Å². The quantitative estimate of drug-likeness (QED) is 0.874. The van der Waals surface area contributed by atoms with E-state index in [1.807, 2.05) is 30.3 Å². The van der Waals surface area contributed by atoms with Gasteiger partial charge in [0.1, 0.15) is 12.7 Å². The van der Waals surface area contributed by atoms with Gasteiger partial charge < -0.3 is 4.90 Å². The molecule has 0 aromatic heterocycles. The Bertz CT molecular complexity index is 757. The lowest BCUT2D eigenvalue weighted by Crippen LogP contribution is -2.36. The maximum atomic E-state index is 12.3. The van der Waals surface area contributed by atoms with Gasteiger partial charge in [-0.05, 0) is 36.1 Å². The minimum absolute atomic E-state index is 0.0138. The number of benzene rings is 2. The van der Waals surface area contributed by atoms with E-state index in [4.69, 9.17) is 0 Å². The predicted molar refractivity (Wildman–Crippen MR) is 87.9 cm³/mol. The number of amides is 2. The first-order chi connectivity index (χ1) is 11.2. The Morgan fingerprint density at radius 3 is 2.52 bits per heavy atom. The predicted octanol–water partition coefficient (Wildman–Crippen LogP) is 2.57. The highest BCUT2D eigenvalue weighted by Crippen LogP contribution is 2.32. The van der Waals surface area contributed by atoms with Crippen molar-refractivity contribution in [1.29, 1.82) is 0 Å². The SMILES string of the molecule is O=C1CCC2N1CC(=O)N2c1cccc(Cc2ccccc2)c1. The van der Waals surface area contributed by atoms with Gasteiger partial charge in [0.05, 0.1) is 0 Å². The summed E-state index contributed by atoms with van der Waals surface area (Å²) in [6.45, 7) is 0.215. The highest BCUT2D eigenvalue weighted by molar-refractivity contribution is 6.02. The van der Waals surface area contributed by atoms with Crippen molar-refractivity contribution >= 4 is 17.5 Å². The number of carbonyl (C=O) groups is 2. The summed E-state index contributed by atoms with van der Waals surface area (Å²) >= 11 is 0. The molecule has 4 heteroatoms. The van der Waals surface area contributed by atoms with Gasteiger partial charge in [0.2, 0.25) is 11.8 Å². The topological polar surface area (TPSA) is 40.6 Å². The zero-order valence-corrected chi connectivity index (χ0v) is 12.8. The van der Waals surface area contributed by atoms with Crippen LogP contribution >= 0.6 is 0 Å². The average Bonchev–Trinajstić information content (AvgIpc) is 3.07. The molecule has 0 bridgehead atoms. The van der Waals surface area contributed by atoms with Crippen LogP contribution in [0.4, 0.5) is 5.69 Å². The summed E-state index contributed by atoms with van der Waals surface area (Å²) < 4.78 is 0. The first-order valence-electron chi connectivity index (χ1n) is 7.97. The summed E-state index contributed by atoms with van der Waals surface area (Å²) in [6.07, 6.45) is 2.01. The maximum absolute atomic E-state index is 12.3. The van der Waals surface area contributed by atoms with Crippen molar-refractivity contribution < 1.29 is 9.59 Å². The van der Waals surface area contributed by atoms with E-state index in [0.717, 1.165) is 18.5 Å². The molecule has 0 N–H and O–H groups in total. The van der Waals surface area contributed by atoms with Crippen LogP contribution in [0.3, 0.4) is 0 Å². The number of hydrogen-bond donors (Lipinski definition) is 0. The normalized spacial score (nSPS) is 20.3. The Kier molecular flexibility index (Phi) is 3.37. The fourth-order valence-electron chi connectivity index (χ4n) is 3.53. The van der Waals surface area contributed by atoms with Gasteiger partial charge in [0.15, 0.2) is 0 Å². The van der Waals surface area contributed by atoms with E-state index < -0.39 is 0 Å². The van der Waals surface area contributed by atoms with Crippen LogP contribution in [0.1, 0.15) is 24.0 Å². The van der Waals surface area contributed by atoms with Crippen molar-refractivity contribution in [2.75, 3.05) is 11.4 Å². The molecular formula is C19H18N2O2. The van der Waals surface area contributed by atoms with Gasteiger partial charge in [-0.1, -0.05) is 42.5 Å². The minimum Gasteiger partial charge on any atom is -0.312 e. The van der Waals surface area contributed by atoms with Gasteiger partial charge in [-0.25, -0.2) is 0 Å². The molecule has 2 aliphatic rings. The number of anilines is 1. The Hall–Kier alpha value is -2.62. The summed E-state index contributed by atoms with van der Waals surface area (Å²) in [7, 11) is 0. The van der Waals surface area contributed by atoms with Crippen LogP contribution in [-0.4, -0.2) is 29.4 Å². The van der Waals surface area contributed by atoms with Crippen molar-refractivity contribution in [1.82, 2.24) is 4.90 Å². The highest BCUT2D eigenvalue weighted by Gasteiger charge is 2.45. The van der Waals surface area contributed by atoms with Gasteiger partial charge in [-0.15, -0.1) is 0 Å². The molecule has 2 aromatic rings. The number of nitrogens with zero attached hydrogens (tertiary/aromatic N) is 2. The second-order valence-electron chi connectivity index (χ2n) is 6.14. The highest BCUT2D eigenvalue weighted by atomic mass is 16.2. The number of rotatable bonds is 3. The van der Waals surface area contributed by atoms with Gasteiger partial charge >= 0.3 is 0 Å². The van der Waals surface area contributed by atoms with Crippen LogP contribution in [0, 0.1) is 0 Å². The minimum atomic E-state index is -0.0954. The van der Waals surface area contributed by atoms with E-state index in [1.54, 1.807) is 9.80 Å². The molecule has 116 valence electrons. The summed E-state index contributed by atoms with van der Waals surface area (Å²) in [5, 5.41) is 0. The van der Waals surface area contributed by atoms with Crippen LogP contribution in [0.15, 0.2) is 54.6 Å². The second-order valence-corrected chi connectivity index (χ2v) is 6.14. The molecular weight excluding hydrogens is 288 g/mol. The molecule has 2 fully saturated rings. The molecule has 23 heavy (non-hydrogen) atoms. The van der Waals surface area contributed by atoms with Crippen LogP contribution in [0.2, 0.25) is 0 Å². The van der Waals surface area contributed by atoms with Gasteiger partial charge in [0, 0.05) is 12.1 Å². The molecule has 0 spiro atoms. The fourth-order valence-corrected chi connectivity index (χ4v) is 3.53. The molecule has 0 saturated carbocycles. The Labute approximate surface area is 135 Å². The van der Waals surface area contributed by atoms with E-state index in [0.29, 0.717) is 6.42 Å². The first kappa shape index (κ1) is 14.0. The zero-order valence-electron chi connectivity index (χ0n) is 12.8. The number of carbonyl (C=O) groups excluding carboxylic acids is 2. The van der Waals surface area contributed by atoms with E-state index in [2.05, 4.69) is 24.3 Å². The third-order valence-corrected chi connectivity index (χ3v) is 4.61. The third-order valence-electron chi connectivity index (χ3n) is 4.61. The Balaban J connectivity index is 1.61.